The molecule has 164 valence electrons. The van der Waals surface area contributed by atoms with Crippen molar-refractivity contribution in [2.75, 3.05) is 46.4 Å². The van der Waals surface area contributed by atoms with Gasteiger partial charge in [-0.3, -0.25) is 14.7 Å². The number of carbonyl (C=O) groups excluding carboxylic acids is 1. The predicted molar refractivity (Wildman–Crippen MR) is 125 cm³/mol. The highest BCUT2D eigenvalue weighted by molar-refractivity contribution is 14.0. The smallest absolute Gasteiger partial charge is 0.221 e. The van der Waals surface area contributed by atoms with E-state index in [1.54, 1.807) is 7.05 Å². The van der Waals surface area contributed by atoms with Gasteiger partial charge in [0.2, 0.25) is 5.91 Å². The third-order valence-electron chi connectivity index (χ3n) is 5.60. The van der Waals surface area contributed by atoms with Crippen LogP contribution in [-0.4, -0.2) is 75.3 Å². The molecular weight excluding hydrogens is 469 g/mol. The maximum atomic E-state index is 12.1. The number of morpholine rings is 1. The highest BCUT2D eigenvalue weighted by atomic mass is 127. The number of nitrogens with one attached hydrogen (secondary N) is 3. The summed E-state index contributed by atoms with van der Waals surface area (Å²) in [7, 11) is 1.77. The molecule has 1 heterocycles. The van der Waals surface area contributed by atoms with Crippen molar-refractivity contribution in [2.24, 2.45) is 10.9 Å². The molecule has 1 saturated carbocycles. The predicted octanol–water partition coefficient (Wildman–Crippen LogP) is 1.97. The fourth-order valence-electron chi connectivity index (χ4n) is 3.96. The standard InChI is InChI=1S/C20H39N5O2.HI/c1-16(2)18(25-11-13-27-14-12-25)15-23-20(21-3)22-10-9-19(26)24-17-7-5-4-6-8-17;/h16-18H,4-15H2,1-3H3,(H,24,26)(H2,21,22,23);1H. The molecule has 0 aromatic rings. The molecule has 0 spiro atoms. The van der Waals surface area contributed by atoms with Crippen LogP contribution in [0.2, 0.25) is 0 Å². The Morgan fingerprint density at radius 3 is 2.43 bits per heavy atom. The molecule has 1 saturated heterocycles. The van der Waals surface area contributed by atoms with Crippen LogP contribution in [-0.2, 0) is 9.53 Å². The van der Waals surface area contributed by atoms with E-state index in [4.69, 9.17) is 4.74 Å². The van der Waals surface area contributed by atoms with Crippen LogP contribution >= 0.6 is 24.0 Å². The summed E-state index contributed by atoms with van der Waals surface area (Å²) in [5.41, 5.74) is 0. The van der Waals surface area contributed by atoms with Gasteiger partial charge in [0.05, 0.1) is 13.2 Å². The Morgan fingerprint density at radius 1 is 1.14 bits per heavy atom. The molecule has 0 aromatic heterocycles. The van der Waals surface area contributed by atoms with Crippen LogP contribution in [0.4, 0.5) is 0 Å². The minimum absolute atomic E-state index is 0. The van der Waals surface area contributed by atoms with Crippen molar-refractivity contribution >= 4 is 35.8 Å². The van der Waals surface area contributed by atoms with E-state index in [0.717, 1.165) is 51.6 Å². The molecule has 7 nitrogen and oxygen atoms in total. The molecule has 2 fully saturated rings. The van der Waals surface area contributed by atoms with E-state index in [2.05, 4.69) is 39.7 Å². The number of rotatable bonds is 8. The summed E-state index contributed by atoms with van der Waals surface area (Å²) in [5.74, 6) is 1.45. The average Bonchev–Trinajstić information content (AvgIpc) is 2.68. The molecule has 0 radical (unpaired) electrons. The fraction of sp³-hybridized carbons (Fsp3) is 0.900. The van der Waals surface area contributed by atoms with Crippen LogP contribution < -0.4 is 16.0 Å². The first-order valence-corrected chi connectivity index (χ1v) is 10.7. The summed E-state index contributed by atoms with van der Waals surface area (Å²) < 4.78 is 5.47. The maximum Gasteiger partial charge on any atom is 0.221 e. The molecule has 28 heavy (non-hydrogen) atoms. The van der Waals surface area contributed by atoms with E-state index in [1.807, 2.05) is 0 Å². The number of amides is 1. The Kier molecular flexibility index (Phi) is 13.1. The molecule has 3 N–H and O–H groups in total. The van der Waals surface area contributed by atoms with Crippen molar-refractivity contribution in [3.8, 4) is 0 Å². The summed E-state index contributed by atoms with van der Waals surface area (Å²) in [4.78, 5) is 18.9. The summed E-state index contributed by atoms with van der Waals surface area (Å²) >= 11 is 0. The van der Waals surface area contributed by atoms with E-state index >= 15 is 0 Å². The molecule has 1 atom stereocenters. The van der Waals surface area contributed by atoms with Gasteiger partial charge < -0.3 is 20.7 Å². The molecule has 0 aromatic carbocycles. The quantitative estimate of drug-likeness (QED) is 0.265. The van der Waals surface area contributed by atoms with E-state index in [1.165, 1.54) is 19.3 Å². The van der Waals surface area contributed by atoms with Gasteiger partial charge >= 0.3 is 0 Å². The Morgan fingerprint density at radius 2 is 1.82 bits per heavy atom. The van der Waals surface area contributed by atoms with E-state index in [-0.39, 0.29) is 29.9 Å². The Bertz CT molecular complexity index is 464. The lowest BCUT2D eigenvalue weighted by molar-refractivity contribution is -0.121. The second-order valence-electron chi connectivity index (χ2n) is 7.99. The number of guanidine groups is 1. The first kappa shape index (κ1) is 25.4. The topological polar surface area (TPSA) is 78.0 Å². The van der Waals surface area contributed by atoms with E-state index in [9.17, 15) is 4.79 Å². The van der Waals surface area contributed by atoms with Crippen molar-refractivity contribution in [3.05, 3.63) is 0 Å². The zero-order valence-corrected chi connectivity index (χ0v) is 20.2. The van der Waals surface area contributed by atoms with Crippen molar-refractivity contribution in [1.29, 1.82) is 0 Å². The SMILES string of the molecule is CN=C(NCCC(=O)NC1CCCCC1)NCC(C(C)C)N1CCOCC1.I. The van der Waals surface area contributed by atoms with Crippen LogP contribution in [0.25, 0.3) is 0 Å². The van der Waals surface area contributed by atoms with Gasteiger partial charge in [-0.2, -0.15) is 0 Å². The lowest BCUT2D eigenvalue weighted by atomic mass is 9.95. The Labute approximate surface area is 187 Å². The highest BCUT2D eigenvalue weighted by Gasteiger charge is 2.24. The number of hydrogen-bond donors (Lipinski definition) is 3. The third-order valence-corrected chi connectivity index (χ3v) is 5.60. The second kappa shape index (κ2) is 14.4. The number of carbonyl (C=O) groups is 1. The Balaban J connectivity index is 0.00000392. The van der Waals surface area contributed by atoms with Gasteiger partial charge in [0.15, 0.2) is 5.96 Å². The third kappa shape index (κ3) is 9.26. The molecule has 1 aliphatic heterocycles. The molecular formula is C20H40IN5O2. The lowest BCUT2D eigenvalue weighted by Gasteiger charge is -2.37. The number of ether oxygens (including phenoxy) is 1. The summed E-state index contributed by atoms with van der Waals surface area (Å²) in [6.45, 7) is 9.54. The Hall–Kier alpha value is -0.610. The minimum atomic E-state index is 0. The fourth-order valence-corrected chi connectivity index (χ4v) is 3.96. The van der Waals surface area contributed by atoms with Gasteiger partial charge in [0, 0.05) is 51.7 Å². The second-order valence-corrected chi connectivity index (χ2v) is 7.99. The normalized spacial score (nSPS) is 20.4. The first-order valence-electron chi connectivity index (χ1n) is 10.7. The van der Waals surface area contributed by atoms with Gasteiger partial charge in [-0.25, -0.2) is 0 Å². The number of aliphatic imine (C=N–C) groups is 1. The van der Waals surface area contributed by atoms with Crippen LogP contribution in [0.5, 0.6) is 0 Å². The number of hydrogen-bond acceptors (Lipinski definition) is 4. The van der Waals surface area contributed by atoms with Crippen molar-refractivity contribution < 1.29 is 9.53 Å². The van der Waals surface area contributed by atoms with E-state index < -0.39 is 0 Å². The largest absolute Gasteiger partial charge is 0.379 e. The minimum Gasteiger partial charge on any atom is -0.379 e. The monoisotopic (exact) mass is 509 g/mol. The van der Waals surface area contributed by atoms with Crippen LogP contribution in [0, 0.1) is 5.92 Å². The summed E-state index contributed by atoms with van der Waals surface area (Å²) in [5, 5.41) is 9.86. The average molecular weight is 509 g/mol. The maximum absolute atomic E-state index is 12.1. The lowest BCUT2D eigenvalue weighted by Crippen LogP contribution is -2.52. The highest BCUT2D eigenvalue weighted by Crippen LogP contribution is 2.17. The summed E-state index contributed by atoms with van der Waals surface area (Å²) in [6.07, 6.45) is 6.51. The summed E-state index contributed by atoms with van der Waals surface area (Å²) in [6, 6.07) is 0.825. The molecule has 8 heteroatoms. The number of halogens is 1. The van der Waals surface area contributed by atoms with Crippen LogP contribution in [0.15, 0.2) is 4.99 Å². The van der Waals surface area contributed by atoms with Gasteiger partial charge in [0.25, 0.3) is 0 Å². The molecule has 0 bridgehead atoms. The molecule has 2 rings (SSSR count). The molecule has 1 aliphatic carbocycles. The number of nitrogens with zero attached hydrogens (tertiary/aromatic N) is 2. The van der Waals surface area contributed by atoms with Crippen LogP contribution in [0.1, 0.15) is 52.4 Å². The van der Waals surface area contributed by atoms with Gasteiger partial charge in [-0.05, 0) is 18.8 Å². The molecule has 1 amide bonds. The van der Waals surface area contributed by atoms with Crippen LogP contribution in [0.3, 0.4) is 0 Å². The van der Waals surface area contributed by atoms with Crippen molar-refractivity contribution in [2.45, 2.75) is 64.5 Å². The van der Waals surface area contributed by atoms with Gasteiger partial charge in [0.1, 0.15) is 0 Å². The van der Waals surface area contributed by atoms with Crippen molar-refractivity contribution in [3.63, 3.8) is 0 Å². The first-order chi connectivity index (χ1) is 13.1. The van der Waals surface area contributed by atoms with Gasteiger partial charge in [-0.1, -0.05) is 33.1 Å². The molecule has 2 aliphatic rings. The molecule has 1 unspecified atom stereocenters. The zero-order valence-electron chi connectivity index (χ0n) is 17.8. The van der Waals surface area contributed by atoms with Crippen molar-refractivity contribution in [1.82, 2.24) is 20.9 Å². The zero-order chi connectivity index (χ0) is 19.5. The van der Waals surface area contributed by atoms with Gasteiger partial charge in [-0.15, -0.1) is 24.0 Å². The van der Waals surface area contributed by atoms with E-state index in [0.29, 0.717) is 31.0 Å².